The molecule has 2 aromatic carbocycles. The van der Waals surface area contributed by atoms with Gasteiger partial charge >= 0.3 is 0 Å². The van der Waals surface area contributed by atoms with Gasteiger partial charge in [0.25, 0.3) is 0 Å². The number of hydrogen-bond acceptors (Lipinski definition) is 2. The first-order valence-corrected chi connectivity index (χ1v) is 6.73. The Kier molecular flexibility index (Phi) is 4.57. The van der Waals surface area contributed by atoms with Crippen LogP contribution < -0.4 is 10.5 Å². The van der Waals surface area contributed by atoms with Gasteiger partial charge in [-0.1, -0.05) is 29.9 Å². The van der Waals surface area contributed by atoms with Gasteiger partial charge in [0.1, 0.15) is 23.2 Å². The van der Waals surface area contributed by atoms with E-state index in [1.807, 2.05) is 13.0 Å². The Morgan fingerprint density at radius 1 is 1.30 bits per heavy atom. The van der Waals surface area contributed by atoms with Crippen molar-refractivity contribution in [2.24, 2.45) is 5.73 Å². The smallest absolute Gasteiger partial charge is 0.138 e. The van der Waals surface area contributed by atoms with Crippen molar-refractivity contribution in [2.45, 2.75) is 13.5 Å². The minimum Gasteiger partial charge on any atom is -0.487 e. The fourth-order valence-corrected chi connectivity index (χ4v) is 2.29. The zero-order chi connectivity index (χ0) is 14.7. The topological polar surface area (TPSA) is 35.2 Å². The normalized spacial score (nSPS) is 10.3. The van der Waals surface area contributed by atoms with Crippen molar-refractivity contribution >= 4 is 28.8 Å². The molecule has 0 aliphatic rings. The van der Waals surface area contributed by atoms with Crippen LogP contribution in [-0.4, -0.2) is 4.99 Å². The van der Waals surface area contributed by atoms with Crippen molar-refractivity contribution < 1.29 is 9.13 Å². The van der Waals surface area contributed by atoms with Gasteiger partial charge in [-0.25, -0.2) is 4.39 Å². The van der Waals surface area contributed by atoms with E-state index in [9.17, 15) is 4.39 Å². The first kappa shape index (κ1) is 14.8. The van der Waals surface area contributed by atoms with Crippen molar-refractivity contribution in [3.63, 3.8) is 0 Å². The van der Waals surface area contributed by atoms with Crippen LogP contribution >= 0.6 is 23.8 Å². The van der Waals surface area contributed by atoms with E-state index in [2.05, 4.69) is 0 Å². The molecule has 0 aromatic heterocycles. The van der Waals surface area contributed by atoms with Crippen LogP contribution in [-0.2, 0) is 6.61 Å². The van der Waals surface area contributed by atoms with Gasteiger partial charge in [-0.15, -0.1) is 0 Å². The molecular formula is C15H13ClFNOS. The van der Waals surface area contributed by atoms with Gasteiger partial charge in [0.2, 0.25) is 0 Å². The highest BCUT2D eigenvalue weighted by Gasteiger charge is 2.09. The van der Waals surface area contributed by atoms with Crippen LogP contribution in [0.1, 0.15) is 16.7 Å². The molecule has 0 fully saturated rings. The highest BCUT2D eigenvalue weighted by atomic mass is 35.5. The van der Waals surface area contributed by atoms with Crippen molar-refractivity contribution in [3.8, 4) is 5.75 Å². The van der Waals surface area contributed by atoms with Crippen LogP contribution in [0.4, 0.5) is 4.39 Å². The van der Waals surface area contributed by atoms with Crippen LogP contribution in [0.2, 0.25) is 5.02 Å². The first-order chi connectivity index (χ1) is 9.47. The summed E-state index contributed by atoms with van der Waals surface area (Å²) < 4.78 is 18.9. The molecule has 20 heavy (non-hydrogen) atoms. The number of ether oxygens (including phenoxy) is 1. The second-order valence-corrected chi connectivity index (χ2v) is 5.24. The molecular weight excluding hydrogens is 297 g/mol. The fraction of sp³-hybridized carbons (Fsp3) is 0.133. The van der Waals surface area contributed by atoms with E-state index in [0.29, 0.717) is 21.9 Å². The molecule has 0 amide bonds. The number of halogens is 2. The largest absolute Gasteiger partial charge is 0.487 e. The van der Waals surface area contributed by atoms with Gasteiger partial charge in [0.15, 0.2) is 0 Å². The number of thiocarbonyl (C=S) groups is 1. The molecule has 5 heteroatoms. The van der Waals surface area contributed by atoms with Gasteiger partial charge in [-0.2, -0.15) is 0 Å². The second kappa shape index (κ2) is 6.20. The lowest BCUT2D eigenvalue weighted by Gasteiger charge is -2.12. The predicted octanol–water partition coefficient (Wildman–Crippen LogP) is 4.00. The minimum absolute atomic E-state index is 0.146. The summed E-state index contributed by atoms with van der Waals surface area (Å²) in [6, 6.07) is 9.69. The van der Waals surface area contributed by atoms with Crippen LogP contribution in [0.25, 0.3) is 0 Å². The Morgan fingerprint density at radius 2 is 2.05 bits per heavy atom. The van der Waals surface area contributed by atoms with Crippen LogP contribution in [0.15, 0.2) is 36.4 Å². The SMILES string of the molecule is Cc1ccc(OCc2cc(F)ccc2C(N)=S)c(Cl)c1. The van der Waals surface area contributed by atoms with E-state index in [1.165, 1.54) is 12.1 Å². The van der Waals surface area contributed by atoms with Crippen LogP contribution in [0.3, 0.4) is 0 Å². The molecule has 2 rings (SSSR count). The second-order valence-electron chi connectivity index (χ2n) is 4.39. The highest BCUT2D eigenvalue weighted by molar-refractivity contribution is 7.80. The average Bonchev–Trinajstić information content (AvgIpc) is 2.37. The summed E-state index contributed by atoms with van der Waals surface area (Å²) in [6.07, 6.45) is 0. The molecule has 104 valence electrons. The van der Waals surface area contributed by atoms with Crippen LogP contribution in [0, 0.1) is 12.7 Å². The molecule has 0 bridgehead atoms. The number of nitrogens with two attached hydrogens (primary N) is 1. The summed E-state index contributed by atoms with van der Waals surface area (Å²) in [5.74, 6) is 0.175. The molecule has 0 heterocycles. The fourth-order valence-electron chi connectivity index (χ4n) is 1.80. The summed E-state index contributed by atoms with van der Waals surface area (Å²) >= 11 is 11.0. The number of hydrogen-bond donors (Lipinski definition) is 1. The molecule has 0 unspecified atom stereocenters. The summed E-state index contributed by atoms with van der Waals surface area (Å²) in [6.45, 7) is 2.08. The summed E-state index contributed by atoms with van der Waals surface area (Å²) in [4.78, 5) is 0.207. The zero-order valence-corrected chi connectivity index (χ0v) is 12.4. The highest BCUT2D eigenvalue weighted by Crippen LogP contribution is 2.26. The van der Waals surface area contributed by atoms with E-state index in [0.717, 1.165) is 5.56 Å². The van der Waals surface area contributed by atoms with Crippen molar-refractivity contribution in [1.29, 1.82) is 0 Å². The summed E-state index contributed by atoms with van der Waals surface area (Å²) in [5, 5.41) is 0.512. The Bertz CT molecular complexity index is 660. The van der Waals surface area contributed by atoms with Crippen molar-refractivity contribution in [2.75, 3.05) is 0 Å². The third-order valence-electron chi connectivity index (χ3n) is 2.80. The number of aryl methyl sites for hydroxylation is 1. The maximum Gasteiger partial charge on any atom is 0.138 e. The number of benzene rings is 2. The zero-order valence-electron chi connectivity index (χ0n) is 10.8. The molecule has 0 aliphatic carbocycles. The minimum atomic E-state index is -0.362. The van der Waals surface area contributed by atoms with Gasteiger partial charge < -0.3 is 10.5 Å². The third kappa shape index (κ3) is 3.46. The standard InChI is InChI=1S/C15H13ClFNOS/c1-9-2-5-14(13(16)6-9)19-8-10-7-11(17)3-4-12(10)15(18)20/h2-7H,8H2,1H3,(H2,18,20). The third-order valence-corrected chi connectivity index (χ3v) is 3.32. The Labute approximate surface area is 127 Å². The molecule has 2 aromatic rings. The molecule has 0 saturated heterocycles. The maximum absolute atomic E-state index is 13.3. The lowest BCUT2D eigenvalue weighted by atomic mass is 10.1. The van der Waals surface area contributed by atoms with E-state index in [-0.39, 0.29) is 17.4 Å². The van der Waals surface area contributed by atoms with Crippen LogP contribution in [0.5, 0.6) is 5.75 Å². The molecule has 0 radical (unpaired) electrons. The predicted molar refractivity (Wildman–Crippen MR) is 82.8 cm³/mol. The van der Waals surface area contributed by atoms with E-state index < -0.39 is 0 Å². The van der Waals surface area contributed by atoms with E-state index >= 15 is 0 Å². The molecule has 0 atom stereocenters. The summed E-state index contributed by atoms with van der Waals surface area (Å²) in [5.41, 5.74) is 7.84. The molecule has 0 spiro atoms. The molecule has 2 nitrogen and oxygen atoms in total. The summed E-state index contributed by atoms with van der Waals surface area (Å²) in [7, 11) is 0. The Balaban J connectivity index is 2.22. The Hall–Kier alpha value is -1.65. The lowest BCUT2D eigenvalue weighted by molar-refractivity contribution is 0.305. The van der Waals surface area contributed by atoms with Gasteiger partial charge in [0.05, 0.1) is 5.02 Å². The monoisotopic (exact) mass is 309 g/mol. The van der Waals surface area contributed by atoms with Gasteiger partial charge in [-0.3, -0.25) is 0 Å². The van der Waals surface area contributed by atoms with E-state index in [1.54, 1.807) is 18.2 Å². The maximum atomic E-state index is 13.3. The molecule has 0 aliphatic heterocycles. The number of rotatable bonds is 4. The average molecular weight is 310 g/mol. The van der Waals surface area contributed by atoms with E-state index in [4.69, 9.17) is 34.3 Å². The Morgan fingerprint density at radius 3 is 2.70 bits per heavy atom. The molecule has 0 saturated carbocycles. The van der Waals surface area contributed by atoms with Gasteiger partial charge in [-0.05, 0) is 42.8 Å². The molecule has 2 N–H and O–H groups in total. The van der Waals surface area contributed by atoms with Crippen molar-refractivity contribution in [1.82, 2.24) is 0 Å². The first-order valence-electron chi connectivity index (χ1n) is 5.94. The van der Waals surface area contributed by atoms with Gasteiger partial charge in [0, 0.05) is 11.1 Å². The van der Waals surface area contributed by atoms with Crippen molar-refractivity contribution in [3.05, 3.63) is 63.9 Å². The quantitative estimate of drug-likeness (QED) is 0.867. The lowest BCUT2D eigenvalue weighted by Crippen LogP contribution is -2.14.